The summed E-state index contributed by atoms with van der Waals surface area (Å²) in [5, 5.41) is 12.2. The van der Waals surface area contributed by atoms with Crippen LogP contribution in [0.1, 0.15) is 63.0 Å². The van der Waals surface area contributed by atoms with Gasteiger partial charge in [-0.25, -0.2) is 0 Å². The Kier molecular flexibility index (Phi) is 8.76. The summed E-state index contributed by atoms with van der Waals surface area (Å²) in [7, 11) is 0. The minimum atomic E-state index is 0.732. The molecule has 0 fully saturated rings. The molecular formula is C17H26N2. The maximum atomic E-state index is 8.71. The molecule has 1 N–H and O–H groups in total. The standard InChI is InChI=1S/C17H26N2/c1-2-3-4-5-6-7-8-13-19-15-17-11-9-16(14-18)10-12-17/h9-12,19H,2-8,13,15H2,1H3. The molecule has 0 aliphatic carbocycles. The van der Waals surface area contributed by atoms with Crippen LogP contribution in [0.3, 0.4) is 0 Å². The van der Waals surface area contributed by atoms with E-state index in [0.717, 1.165) is 18.7 Å². The fourth-order valence-corrected chi connectivity index (χ4v) is 2.14. The van der Waals surface area contributed by atoms with E-state index in [9.17, 15) is 0 Å². The smallest absolute Gasteiger partial charge is 0.0991 e. The molecule has 2 heteroatoms. The Labute approximate surface area is 117 Å². The minimum absolute atomic E-state index is 0.732. The van der Waals surface area contributed by atoms with Crippen LogP contribution in [-0.4, -0.2) is 6.54 Å². The normalized spacial score (nSPS) is 10.3. The first kappa shape index (κ1) is 15.7. The predicted octanol–water partition coefficient (Wildman–Crippen LogP) is 4.40. The molecule has 0 bridgehead atoms. The predicted molar refractivity (Wildman–Crippen MR) is 80.9 cm³/mol. The number of rotatable bonds is 10. The molecule has 2 nitrogen and oxygen atoms in total. The first-order chi connectivity index (χ1) is 9.36. The number of hydrogen-bond acceptors (Lipinski definition) is 2. The number of nitrogens with zero attached hydrogens (tertiary/aromatic N) is 1. The molecule has 0 saturated carbocycles. The van der Waals surface area contributed by atoms with Gasteiger partial charge in [0.2, 0.25) is 0 Å². The molecule has 1 aromatic carbocycles. The van der Waals surface area contributed by atoms with Gasteiger partial charge in [-0.05, 0) is 30.7 Å². The van der Waals surface area contributed by atoms with E-state index in [-0.39, 0.29) is 0 Å². The van der Waals surface area contributed by atoms with Crippen molar-refractivity contribution in [1.29, 1.82) is 5.26 Å². The number of nitrogens with one attached hydrogen (secondary N) is 1. The number of hydrogen-bond donors (Lipinski definition) is 1. The zero-order valence-electron chi connectivity index (χ0n) is 12.1. The summed E-state index contributed by atoms with van der Waals surface area (Å²) in [6.45, 7) is 4.25. The van der Waals surface area contributed by atoms with Crippen molar-refractivity contribution in [3.63, 3.8) is 0 Å². The van der Waals surface area contributed by atoms with Crippen LogP contribution < -0.4 is 5.32 Å². The number of unbranched alkanes of at least 4 members (excludes halogenated alkanes) is 6. The molecule has 0 heterocycles. The second-order valence-electron chi connectivity index (χ2n) is 5.11. The highest BCUT2D eigenvalue weighted by molar-refractivity contribution is 5.31. The highest BCUT2D eigenvalue weighted by Gasteiger charge is 1.94. The van der Waals surface area contributed by atoms with Crippen molar-refractivity contribution in [2.75, 3.05) is 6.54 Å². The molecule has 0 amide bonds. The lowest BCUT2D eigenvalue weighted by atomic mass is 10.1. The molecule has 0 aliphatic rings. The quantitative estimate of drug-likeness (QED) is 0.631. The zero-order chi connectivity index (χ0) is 13.8. The van der Waals surface area contributed by atoms with Crippen LogP contribution in [0, 0.1) is 11.3 Å². The fourth-order valence-electron chi connectivity index (χ4n) is 2.14. The highest BCUT2D eigenvalue weighted by Crippen LogP contribution is 2.06. The Hall–Kier alpha value is -1.33. The van der Waals surface area contributed by atoms with E-state index in [1.165, 1.54) is 50.5 Å². The van der Waals surface area contributed by atoms with Crippen molar-refractivity contribution in [3.05, 3.63) is 35.4 Å². The molecule has 0 radical (unpaired) electrons. The van der Waals surface area contributed by atoms with E-state index < -0.39 is 0 Å². The SMILES string of the molecule is CCCCCCCCCNCc1ccc(C#N)cc1. The summed E-state index contributed by atoms with van der Waals surface area (Å²) < 4.78 is 0. The molecule has 19 heavy (non-hydrogen) atoms. The van der Waals surface area contributed by atoms with Crippen LogP contribution in [0.25, 0.3) is 0 Å². The monoisotopic (exact) mass is 258 g/mol. The third-order valence-electron chi connectivity index (χ3n) is 3.37. The van der Waals surface area contributed by atoms with Crippen molar-refractivity contribution >= 4 is 0 Å². The summed E-state index contributed by atoms with van der Waals surface area (Å²) >= 11 is 0. The van der Waals surface area contributed by atoms with Crippen LogP contribution in [0.5, 0.6) is 0 Å². The van der Waals surface area contributed by atoms with Gasteiger partial charge in [0.1, 0.15) is 0 Å². The second-order valence-corrected chi connectivity index (χ2v) is 5.11. The lowest BCUT2D eigenvalue weighted by Crippen LogP contribution is -2.14. The van der Waals surface area contributed by atoms with Crippen molar-refractivity contribution in [2.24, 2.45) is 0 Å². The van der Waals surface area contributed by atoms with Gasteiger partial charge in [-0.15, -0.1) is 0 Å². The van der Waals surface area contributed by atoms with Gasteiger partial charge >= 0.3 is 0 Å². The van der Waals surface area contributed by atoms with Gasteiger partial charge < -0.3 is 5.32 Å². The second kappa shape index (κ2) is 10.6. The number of nitriles is 1. The third-order valence-corrected chi connectivity index (χ3v) is 3.37. The Bertz CT molecular complexity index is 362. The van der Waals surface area contributed by atoms with Gasteiger partial charge in [0.05, 0.1) is 11.6 Å². The van der Waals surface area contributed by atoms with Gasteiger partial charge in [0, 0.05) is 6.54 Å². The van der Waals surface area contributed by atoms with Crippen molar-refractivity contribution in [3.8, 4) is 6.07 Å². The van der Waals surface area contributed by atoms with Crippen LogP contribution in [-0.2, 0) is 6.54 Å². The maximum Gasteiger partial charge on any atom is 0.0991 e. The molecule has 0 spiro atoms. The minimum Gasteiger partial charge on any atom is -0.313 e. The van der Waals surface area contributed by atoms with Crippen molar-refractivity contribution < 1.29 is 0 Å². The van der Waals surface area contributed by atoms with E-state index in [0.29, 0.717) is 0 Å². The Morgan fingerprint density at radius 3 is 2.21 bits per heavy atom. The summed E-state index contributed by atoms with van der Waals surface area (Å²) in [6.07, 6.45) is 9.48. The molecule has 1 rings (SSSR count). The van der Waals surface area contributed by atoms with Gasteiger partial charge in [0.25, 0.3) is 0 Å². The van der Waals surface area contributed by atoms with E-state index >= 15 is 0 Å². The molecule has 0 aliphatic heterocycles. The van der Waals surface area contributed by atoms with Gasteiger partial charge in [-0.2, -0.15) is 5.26 Å². The van der Waals surface area contributed by atoms with Crippen LogP contribution >= 0.6 is 0 Å². The summed E-state index contributed by atoms with van der Waals surface area (Å²) in [5.74, 6) is 0. The first-order valence-electron chi connectivity index (χ1n) is 7.56. The molecule has 0 aromatic heterocycles. The first-order valence-corrected chi connectivity index (χ1v) is 7.56. The van der Waals surface area contributed by atoms with Crippen LogP contribution in [0.4, 0.5) is 0 Å². The molecule has 1 aromatic rings. The van der Waals surface area contributed by atoms with Gasteiger partial charge in [-0.1, -0.05) is 57.6 Å². The molecular weight excluding hydrogens is 232 g/mol. The molecule has 0 atom stereocenters. The maximum absolute atomic E-state index is 8.71. The van der Waals surface area contributed by atoms with E-state index in [1.807, 2.05) is 24.3 Å². The average Bonchev–Trinajstić information content (AvgIpc) is 2.46. The van der Waals surface area contributed by atoms with Crippen LogP contribution in [0.15, 0.2) is 24.3 Å². The van der Waals surface area contributed by atoms with E-state index in [1.54, 1.807) is 0 Å². The Balaban J connectivity index is 1.97. The van der Waals surface area contributed by atoms with Gasteiger partial charge in [-0.3, -0.25) is 0 Å². The summed E-state index contributed by atoms with van der Waals surface area (Å²) in [5.41, 5.74) is 1.98. The van der Waals surface area contributed by atoms with E-state index in [2.05, 4.69) is 18.3 Å². The van der Waals surface area contributed by atoms with Crippen molar-refractivity contribution in [2.45, 2.75) is 58.4 Å². The lowest BCUT2D eigenvalue weighted by molar-refractivity contribution is 0.562. The average molecular weight is 258 g/mol. The lowest BCUT2D eigenvalue weighted by Gasteiger charge is -2.05. The topological polar surface area (TPSA) is 35.8 Å². The fraction of sp³-hybridized carbons (Fsp3) is 0.588. The van der Waals surface area contributed by atoms with E-state index in [4.69, 9.17) is 5.26 Å². The highest BCUT2D eigenvalue weighted by atomic mass is 14.8. The zero-order valence-corrected chi connectivity index (χ0v) is 12.1. The summed E-state index contributed by atoms with van der Waals surface area (Å²) in [6, 6.07) is 9.95. The number of benzene rings is 1. The summed E-state index contributed by atoms with van der Waals surface area (Å²) in [4.78, 5) is 0. The third kappa shape index (κ3) is 7.64. The molecule has 0 saturated heterocycles. The van der Waals surface area contributed by atoms with Crippen LogP contribution in [0.2, 0.25) is 0 Å². The van der Waals surface area contributed by atoms with Crippen molar-refractivity contribution in [1.82, 2.24) is 5.32 Å². The Morgan fingerprint density at radius 1 is 0.947 bits per heavy atom. The Morgan fingerprint density at radius 2 is 1.58 bits per heavy atom. The van der Waals surface area contributed by atoms with Gasteiger partial charge in [0.15, 0.2) is 0 Å². The largest absolute Gasteiger partial charge is 0.313 e. The molecule has 104 valence electrons. The molecule has 0 unspecified atom stereocenters.